The lowest BCUT2D eigenvalue weighted by atomic mass is 9.85. The second kappa shape index (κ2) is 23.0. The predicted molar refractivity (Wildman–Crippen MR) is 406 cm³/mol. The van der Waals surface area contributed by atoms with Gasteiger partial charge in [0.05, 0.1) is 19.4 Å². The number of hydrogen-bond donors (Lipinski definition) is 0. The Labute approximate surface area is 572 Å². The van der Waals surface area contributed by atoms with E-state index in [9.17, 15) is 0 Å². The van der Waals surface area contributed by atoms with E-state index in [0.29, 0.717) is 11.1 Å². The zero-order valence-corrected chi connectivity index (χ0v) is 51.8. The Kier molecular flexibility index (Phi) is 11.0. The Morgan fingerprint density at radius 2 is 0.536 bits per heavy atom. The van der Waals surface area contributed by atoms with Gasteiger partial charge in [-0.1, -0.05) is 279 Å². The second-order valence-electron chi connectivity index (χ2n) is 24.3. The van der Waals surface area contributed by atoms with Gasteiger partial charge in [-0.25, -0.2) is 0 Å². The van der Waals surface area contributed by atoms with Crippen LogP contribution in [-0.2, 0) is 0 Å². The van der Waals surface area contributed by atoms with E-state index in [1.54, 1.807) is 0 Å². The van der Waals surface area contributed by atoms with Crippen molar-refractivity contribution < 1.29 is 27.0 Å². The van der Waals surface area contributed by atoms with Crippen molar-refractivity contribution in [2.45, 2.75) is 0 Å². The number of nitrogens with zero attached hydrogens (tertiary/aromatic N) is 1. The molecule has 452 valence electrons. The average Bonchev–Trinajstić information content (AvgIpc) is 1.55. The molecule has 0 aliphatic carbocycles. The fourth-order valence-electron chi connectivity index (χ4n) is 14.9. The average molecular weight is 1250 g/mol. The maximum atomic E-state index is 8.89. The topological polar surface area (TPSA) is 52.3 Å². The fraction of sp³-hybridized carbons (Fsp3) is 0. The molecule has 0 spiro atoms. The summed E-state index contributed by atoms with van der Waals surface area (Å²) in [7, 11) is 0. The van der Waals surface area contributed by atoms with Crippen molar-refractivity contribution in [3.05, 3.63) is 346 Å². The minimum absolute atomic E-state index is 0.201. The van der Waals surface area contributed by atoms with E-state index < -0.39 is 12.1 Å². The monoisotopic (exact) mass is 1250 g/mol. The molecule has 4 nitrogen and oxygen atoms in total. The summed E-state index contributed by atoms with van der Waals surface area (Å²) in [5, 5.41) is 13.3. The van der Waals surface area contributed by atoms with Crippen LogP contribution in [0.2, 0.25) is 0 Å². The first-order chi connectivity index (χ1) is 52.3. The smallest absolute Gasteiger partial charge is 0.136 e. The number of para-hydroxylation sites is 3. The van der Waals surface area contributed by atoms with Gasteiger partial charge in [-0.15, -0.1) is 0 Å². The summed E-state index contributed by atoms with van der Waals surface area (Å²) >= 11 is 0. The van der Waals surface area contributed by atoms with Crippen LogP contribution in [-0.4, -0.2) is 4.98 Å². The summed E-state index contributed by atoms with van der Waals surface area (Å²) in [6, 6.07) is 91.0. The van der Waals surface area contributed by atoms with Crippen LogP contribution in [0.1, 0.15) is 13.7 Å². The normalized spacial score (nSPS) is 13.2. The van der Waals surface area contributed by atoms with Gasteiger partial charge < -0.3 is 13.3 Å². The van der Waals surface area contributed by atoms with Gasteiger partial charge in [0.1, 0.15) is 33.5 Å². The van der Waals surface area contributed by atoms with E-state index in [1.807, 2.05) is 170 Å². The third-order valence-electron chi connectivity index (χ3n) is 19.0. The van der Waals surface area contributed by atoms with Crippen LogP contribution < -0.4 is 0 Å². The number of benzene rings is 16. The molecular weight excluding hydrogens is 1180 g/mol. The number of fused-ring (bicyclic) bond motifs is 13. The van der Waals surface area contributed by atoms with Gasteiger partial charge in [0.25, 0.3) is 0 Å². The third kappa shape index (κ3) is 9.25. The number of rotatable bonds is 8. The lowest BCUT2D eigenvalue weighted by Gasteiger charge is -2.18. The molecule has 0 atom stereocenters. The van der Waals surface area contributed by atoms with Crippen molar-refractivity contribution in [3.8, 4) is 89.1 Å². The van der Waals surface area contributed by atoms with Crippen molar-refractivity contribution in [1.29, 1.82) is 0 Å². The molecule has 0 aliphatic heterocycles. The SMILES string of the molecule is [2H]c1c([2H])c([2H])c(-c2c3ccccc3c(-c3ccc(-c4ccc5oc6ccccc6c5c4-c4ccc5oc6ccccc6c5c4)cc3)c3ccccc23)c([2H])c1[2H].[2H]c1c([2H])c([2H])c(-c2c3ccccc3c(-c3ccc(-c4ccc5oc6ccccc6c5c4-c4ccccn4)cc3)c3ccccc23)c([2H])c1[2H]. The minimum atomic E-state index is -0.405. The highest BCUT2D eigenvalue weighted by atomic mass is 16.3. The van der Waals surface area contributed by atoms with Gasteiger partial charge in [-0.3, -0.25) is 4.98 Å². The Morgan fingerprint density at radius 1 is 0.216 bits per heavy atom. The van der Waals surface area contributed by atoms with Crippen molar-refractivity contribution >= 4 is 109 Å². The largest absolute Gasteiger partial charge is 0.456 e. The molecule has 16 aromatic carbocycles. The van der Waals surface area contributed by atoms with Crippen LogP contribution in [0.4, 0.5) is 0 Å². The molecule has 0 fully saturated rings. The molecule has 20 rings (SSSR count). The molecule has 0 amide bonds. The van der Waals surface area contributed by atoms with Crippen LogP contribution >= 0.6 is 0 Å². The summed E-state index contributed by atoms with van der Waals surface area (Å²) < 4.78 is 104. The van der Waals surface area contributed by atoms with Crippen molar-refractivity contribution in [2.75, 3.05) is 0 Å². The lowest BCUT2D eigenvalue weighted by Crippen LogP contribution is -1.91. The highest BCUT2D eigenvalue weighted by Crippen LogP contribution is 2.50. The Morgan fingerprint density at radius 3 is 0.969 bits per heavy atom. The van der Waals surface area contributed by atoms with Gasteiger partial charge >= 0.3 is 0 Å². The van der Waals surface area contributed by atoms with Gasteiger partial charge in [-0.05, 0) is 176 Å². The molecule has 20 aromatic rings. The highest BCUT2D eigenvalue weighted by Gasteiger charge is 2.24. The molecule has 0 N–H and O–H groups in total. The van der Waals surface area contributed by atoms with Crippen molar-refractivity contribution in [1.82, 2.24) is 4.98 Å². The molecule has 4 heteroatoms. The van der Waals surface area contributed by atoms with E-state index >= 15 is 0 Å². The number of pyridine rings is 1. The molecule has 0 saturated carbocycles. The standard InChI is InChI=1S/C50H30O2.C43H27NO/c1-2-12-32(13-3-1)47-37-15-4-6-17-39(37)48(40-18-7-5-16-38(40)47)33-24-22-31(23-25-33)35-27-29-46-50(41-19-9-11-21-44(41)52-46)49(35)34-26-28-45-42(30-34)36-14-8-10-20-43(36)51-45;1-2-12-29(13-3-1)40-32-14-4-6-16-34(32)41(35-17-7-5-15-33(35)40)30-23-21-28(22-24-30)31-25-26-39-43(36-18-8-9-20-38(36)45-39)42(31)37-19-10-11-27-44-37/h1-30H;1-27H/i2*1D,2D,3D,12D,13D. The Hall–Kier alpha value is -12.9. The van der Waals surface area contributed by atoms with Crippen LogP contribution in [0.3, 0.4) is 0 Å². The fourth-order valence-corrected chi connectivity index (χ4v) is 14.9. The lowest BCUT2D eigenvalue weighted by molar-refractivity contribution is 0.668. The van der Waals surface area contributed by atoms with E-state index in [2.05, 4.69) is 115 Å². The summed E-state index contributed by atoms with van der Waals surface area (Å²) in [6.07, 6.45) is 1.81. The van der Waals surface area contributed by atoms with Gasteiger partial charge in [0.15, 0.2) is 0 Å². The minimum Gasteiger partial charge on any atom is -0.456 e. The van der Waals surface area contributed by atoms with E-state index in [4.69, 9.17) is 31.9 Å². The van der Waals surface area contributed by atoms with Crippen LogP contribution in [0, 0.1) is 0 Å². The molecule has 97 heavy (non-hydrogen) atoms. The van der Waals surface area contributed by atoms with Gasteiger partial charge in [0, 0.05) is 49.6 Å². The maximum absolute atomic E-state index is 8.89. The zero-order valence-electron chi connectivity index (χ0n) is 61.8. The zero-order chi connectivity index (χ0) is 72.6. The first-order valence-corrected chi connectivity index (χ1v) is 32.2. The Balaban J connectivity index is 0.000000147. The molecule has 0 radical (unpaired) electrons. The maximum Gasteiger partial charge on any atom is 0.136 e. The molecule has 4 heterocycles. The third-order valence-corrected chi connectivity index (χ3v) is 19.0. The van der Waals surface area contributed by atoms with E-state index in [0.717, 1.165) is 176 Å². The number of hydrogen-bond acceptors (Lipinski definition) is 4. The summed E-state index contributed by atoms with van der Waals surface area (Å²) in [5.74, 6) is 0. The summed E-state index contributed by atoms with van der Waals surface area (Å²) in [5.41, 5.74) is 18.9. The molecule has 0 bridgehead atoms. The van der Waals surface area contributed by atoms with Gasteiger partial charge in [0.2, 0.25) is 0 Å². The van der Waals surface area contributed by atoms with Crippen molar-refractivity contribution in [2.24, 2.45) is 0 Å². The van der Waals surface area contributed by atoms with Crippen molar-refractivity contribution in [3.63, 3.8) is 0 Å². The Bertz CT molecular complexity index is 6950. The first kappa shape index (κ1) is 46.2. The van der Waals surface area contributed by atoms with Gasteiger partial charge in [-0.2, -0.15) is 0 Å². The predicted octanol–water partition coefficient (Wildman–Crippen LogP) is 26.4. The number of aromatic nitrogens is 1. The van der Waals surface area contributed by atoms with Crippen LogP contribution in [0.5, 0.6) is 0 Å². The molecule has 0 aliphatic rings. The summed E-state index contributed by atoms with van der Waals surface area (Å²) in [4.78, 5) is 4.76. The molecule has 0 unspecified atom stereocenters. The van der Waals surface area contributed by atoms with E-state index in [-0.39, 0.29) is 59.5 Å². The van der Waals surface area contributed by atoms with Crippen LogP contribution in [0.25, 0.3) is 198 Å². The number of furan rings is 3. The molecule has 4 aromatic heterocycles. The second-order valence-corrected chi connectivity index (χ2v) is 24.3. The molecular formula is C93H57NO3. The summed E-state index contributed by atoms with van der Waals surface area (Å²) in [6.45, 7) is 0. The van der Waals surface area contributed by atoms with E-state index in [1.165, 1.54) is 0 Å². The first-order valence-electron chi connectivity index (χ1n) is 37.2. The van der Waals surface area contributed by atoms with Crippen LogP contribution in [0.15, 0.2) is 359 Å². The highest BCUT2D eigenvalue weighted by molar-refractivity contribution is 6.24. The quantitative estimate of drug-likeness (QED) is 0.142. The molecule has 0 saturated heterocycles.